The summed E-state index contributed by atoms with van der Waals surface area (Å²) in [6.45, 7) is 11.2. The summed E-state index contributed by atoms with van der Waals surface area (Å²) >= 11 is 0. The van der Waals surface area contributed by atoms with E-state index in [-0.39, 0.29) is 24.7 Å². The largest absolute Gasteiger partial charge is 0.401 e. The Kier molecular flexibility index (Phi) is 26.3. The fourth-order valence-electron chi connectivity index (χ4n) is 5.22. The summed E-state index contributed by atoms with van der Waals surface area (Å²) in [4.78, 5) is 37.6. The summed E-state index contributed by atoms with van der Waals surface area (Å²) in [5.74, 6) is -0.896. The predicted octanol–water partition coefficient (Wildman–Crippen LogP) is 4.52. The van der Waals surface area contributed by atoms with Gasteiger partial charge < -0.3 is 38.9 Å². The second kappa shape index (κ2) is 27.9. The van der Waals surface area contributed by atoms with Crippen LogP contribution in [0.2, 0.25) is 0 Å². The van der Waals surface area contributed by atoms with Crippen LogP contribution in [0.15, 0.2) is 24.6 Å². The van der Waals surface area contributed by atoms with Crippen molar-refractivity contribution in [1.82, 2.24) is 16.0 Å². The molecular weight excluding hydrogens is 554 g/mol. The van der Waals surface area contributed by atoms with E-state index in [1.54, 1.807) is 0 Å². The number of primary amides is 1. The standard InChI is InChI=1S/C34H67N7O3/c1-4-5-6-7-8-9-10-11-12-13-14-15-16-22-33(43)40-30(21-19-26-36)28(3)39-31(23-24-32(38)42)34(44)41-29(27(2)37)20-17-18-25-35/h29-31,39H,2-26,35-37H2,1H3,(H2,38,42)(H,40,43)(H,41,44)/t29-,30-,31-/m0/s1. The first-order valence-corrected chi connectivity index (χ1v) is 17.3. The summed E-state index contributed by atoms with van der Waals surface area (Å²) in [5, 5.41) is 9.15. The molecule has 0 fully saturated rings. The minimum Gasteiger partial charge on any atom is -0.401 e. The Labute approximate surface area is 268 Å². The molecular formula is C34H67N7O3. The lowest BCUT2D eigenvalue weighted by molar-refractivity contribution is -0.124. The molecule has 10 heteroatoms. The van der Waals surface area contributed by atoms with Gasteiger partial charge in [-0.05, 0) is 58.0 Å². The van der Waals surface area contributed by atoms with Crippen molar-refractivity contribution in [3.05, 3.63) is 24.6 Å². The van der Waals surface area contributed by atoms with Gasteiger partial charge in [0.05, 0.1) is 12.1 Å². The fraction of sp³-hybridized carbons (Fsp3) is 0.794. The second-order valence-corrected chi connectivity index (χ2v) is 12.2. The highest BCUT2D eigenvalue weighted by Crippen LogP contribution is 2.14. The number of hydrogen-bond donors (Lipinski definition) is 7. The number of hydrogen-bond acceptors (Lipinski definition) is 7. The van der Waals surface area contributed by atoms with Crippen LogP contribution in [-0.4, -0.2) is 48.9 Å². The average molecular weight is 622 g/mol. The van der Waals surface area contributed by atoms with Crippen LogP contribution in [-0.2, 0) is 14.4 Å². The lowest BCUT2D eigenvalue weighted by atomic mass is 10.0. The van der Waals surface area contributed by atoms with Crippen LogP contribution in [0.3, 0.4) is 0 Å². The maximum absolute atomic E-state index is 13.3. The fourth-order valence-corrected chi connectivity index (χ4v) is 5.22. The summed E-state index contributed by atoms with van der Waals surface area (Å²) in [5.41, 5.74) is 23.5. The number of amides is 3. The number of rotatable bonds is 31. The molecule has 256 valence electrons. The van der Waals surface area contributed by atoms with E-state index in [9.17, 15) is 14.4 Å². The van der Waals surface area contributed by atoms with Gasteiger partial charge in [0.2, 0.25) is 17.7 Å². The number of carbonyl (C=O) groups is 3. The highest BCUT2D eigenvalue weighted by molar-refractivity contribution is 5.84. The molecule has 0 rings (SSSR count). The van der Waals surface area contributed by atoms with Gasteiger partial charge in [-0.15, -0.1) is 0 Å². The van der Waals surface area contributed by atoms with Crippen molar-refractivity contribution in [3.8, 4) is 0 Å². The topological polar surface area (TPSA) is 191 Å². The van der Waals surface area contributed by atoms with Gasteiger partial charge in [0.15, 0.2) is 0 Å². The van der Waals surface area contributed by atoms with Gasteiger partial charge in [-0.3, -0.25) is 14.4 Å². The Bertz CT molecular complexity index is 806. The van der Waals surface area contributed by atoms with E-state index >= 15 is 0 Å². The van der Waals surface area contributed by atoms with Crippen LogP contribution in [0.4, 0.5) is 0 Å². The molecule has 0 bridgehead atoms. The molecule has 0 aliphatic carbocycles. The molecule has 0 radical (unpaired) electrons. The zero-order valence-corrected chi connectivity index (χ0v) is 27.9. The highest BCUT2D eigenvalue weighted by atomic mass is 16.2. The van der Waals surface area contributed by atoms with Crippen LogP contribution in [0.5, 0.6) is 0 Å². The molecule has 11 N–H and O–H groups in total. The van der Waals surface area contributed by atoms with Crippen LogP contribution in [0, 0.1) is 0 Å². The minimum absolute atomic E-state index is 0.0126. The molecule has 0 saturated carbocycles. The van der Waals surface area contributed by atoms with E-state index in [1.165, 1.54) is 64.2 Å². The maximum Gasteiger partial charge on any atom is 0.243 e. The minimum atomic E-state index is -0.787. The Hall–Kier alpha value is -2.59. The van der Waals surface area contributed by atoms with Crippen molar-refractivity contribution in [1.29, 1.82) is 0 Å². The van der Waals surface area contributed by atoms with Crippen LogP contribution >= 0.6 is 0 Å². The third kappa shape index (κ3) is 22.9. The molecule has 10 nitrogen and oxygen atoms in total. The van der Waals surface area contributed by atoms with Crippen molar-refractivity contribution in [2.24, 2.45) is 22.9 Å². The SMILES string of the molecule is C=C(N)[C@H](CCCCN)NC(=O)[C@H](CCC(N)=O)NC(=C)[C@H](CCCN)NC(=O)CCCCCCCCCCCCCCC. The smallest absolute Gasteiger partial charge is 0.243 e. The van der Waals surface area contributed by atoms with Crippen molar-refractivity contribution in [2.45, 2.75) is 160 Å². The summed E-state index contributed by atoms with van der Waals surface area (Å²) in [7, 11) is 0. The Morgan fingerprint density at radius 2 is 1.09 bits per heavy atom. The summed E-state index contributed by atoms with van der Waals surface area (Å²) in [6.07, 6.45) is 20.4. The first-order valence-electron chi connectivity index (χ1n) is 17.3. The monoisotopic (exact) mass is 622 g/mol. The zero-order valence-electron chi connectivity index (χ0n) is 27.9. The van der Waals surface area contributed by atoms with Gasteiger partial charge in [-0.2, -0.15) is 0 Å². The summed E-state index contributed by atoms with van der Waals surface area (Å²) < 4.78 is 0. The van der Waals surface area contributed by atoms with E-state index in [2.05, 4.69) is 36.0 Å². The maximum atomic E-state index is 13.3. The normalized spacial score (nSPS) is 13.1. The van der Waals surface area contributed by atoms with Gasteiger partial charge in [0.1, 0.15) is 6.04 Å². The predicted molar refractivity (Wildman–Crippen MR) is 183 cm³/mol. The third-order valence-electron chi connectivity index (χ3n) is 8.03. The highest BCUT2D eigenvalue weighted by Gasteiger charge is 2.25. The van der Waals surface area contributed by atoms with E-state index in [0.29, 0.717) is 50.2 Å². The third-order valence-corrected chi connectivity index (χ3v) is 8.03. The quantitative estimate of drug-likeness (QED) is 0.0553. The molecule has 44 heavy (non-hydrogen) atoms. The lowest BCUT2D eigenvalue weighted by Crippen LogP contribution is -2.51. The van der Waals surface area contributed by atoms with E-state index in [4.69, 9.17) is 22.9 Å². The number of unbranched alkanes of at least 4 members (excludes halogenated alkanes) is 13. The van der Waals surface area contributed by atoms with Gasteiger partial charge in [0, 0.05) is 24.2 Å². The van der Waals surface area contributed by atoms with Crippen molar-refractivity contribution in [2.75, 3.05) is 13.1 Å². The van der Waals surface area contributed by atoms with Crippen LogP contribution < -0.4 is 38.9 Å². The molecule has 0 aromatic carbocycles. The Morgan fingerprint density at radius 3 is 1.59 bits per heavy atom. The average Bonchev–Trinajstić information content (AvgIpc) is 2.98. The molecule has 0 saturated heterocycles. The number of nitrogens with one attached hydrogen (secondary N) is 3. The van der Waals surface area contributed by atoms with Gasteiger partial charge >= 0.3 is 0 Å². The molecule has 3 atom stereocenters. The van der Waals surface area contributed by atoms with E-state index in [0.717, 1.165) is 32.1 Å². The van der Waals surface area contributed by atoms with E-state index in [1.807, 2.05) is 0 Å². The van der Waals surface area contributed by atoms with Crippen LogP contribution in [0.25, 0.3) is 0 Å². The number of carbonyl (C=O) groups excluding carboxylic acids is 3. The first kappa shape index (κ1) is 41.4. The zero-order chi connectivity index (χ0) is 33.0. The second-order valence-electron chi connectivity index (χ2n) is 12.2. The van der Waals surface area contributed by atoms with Gasteiger partial charge in [-0.1, -0.05) is 97.1 Å². The molecule has 3 amide bonds. The Morgan fingerprint density at radius 1 is 0.568 bits per heavy atom. The molecule has 0 aromatic heterocycles. The molecule has 0 aliphatic heterocycles. The van der Waals surface area contributed by atoms with Gasteiger partial charge in [-0.25, -0.2) is 0 Å². The molecule has 0 aromatic rings. The van der Waals surface area contributed by atoms with Crippen molar-refractivity contribution < 1.29 is 14.4 Å². The number of nitrogens with two attached hydrogens (primary N) is 4. The molecule has 0 aliphatic rings. The van der Waals surface area contributed by atoms with Crippen molar-refractivity contribution >= 4 is 17.7 Å². The van der Waals surface area contributed by atoms with Crippen molar-refractivity contribution in [3.63, 3.8) is 0 Å². The first-order chi connectivity index (χ1) is 21.2. The molecule has 0 unspecified atom stereocenters. The molecule has 0 spiro atoms. The summed E-state index contributed by atoms with van der Waals surface area (Å²) in [6, 6.07) is -1.61. The Balaban J connectivity index is 4.78. The lowest BCUT2D eigenvalue weighted by Gasteiger charge is -2.28. The van der Waals surface area contributed by atoms with E-state index < -0.39 is 24.0 Å². The molecule has 0 heterocycles. The van der Waals surface area contributed by atoms with Gasteiger partial charge in [0.25, 0.3) is 0 Å². The van der Waals surface area contributed by atoms with Crippen LogP contribution in [0.1, 0.15) is 142 Å².